The molecule has 0 aliphatic carbocycles. The molecule has 0 radical (unpaired) electrons. The second-order valence-corrected chi connectivity index (χ2v) is 9.18. The fraction of sp³-hybridized carbons (Fsp3) is 0.250. The van der Waals surface area contributed by atoms with E-state index >= 15 is 4.39 Å². The summed E-state index contributed by atoms with van der Waals surface area (Å²) in [7, 11) is 0. The topological polar surface area (TPSA) is 113 Å². The number of pyridine rings is 1. The van der Waals surface area contributed by atoms with Gasteiger partial charge in [0.05, 0.1) is 29.4 Å². The van der Waals surface area contributed by atoms with Gasteiger partial charge in [0.25, 0.3) is 11.8 Å². The van der Waals surface area contributed by atoms with Crippen molar-refractivity contribution < 1.29 is 32.3 Å². The average Bonchev–Trinajstić information content (AvgIpc) is 3.58. The van der Waals surface area contributed by atoms with Crippen LogP contribution in [0, 0.1) is 17.7 Å². The van der Waals surface area contributed by atoms with Crippen molar-refractivity contribution >= 4 is 23.1 Å². The molecule has 1 fully saturated rings. The summed E-state index contributed by atoms with van der Waals surface area (Å²) in [6, 6.07) is 4.52. The van der Waals surface area contributed by atoms with Crippen molar-refractivity contribution in [3.05, 3.63) is 77.4 Å². The van der Waals surface area contributed by atoms with Crippen LogP contribution >= 0.6 is 0 Å². The van der Waals surface area contributed by atoms with Crippen LogP contribution in [-0.4, -0.2) is 47.7 Å². The summed E-state index contributed by atoms with van der Waals surface area (Å²) in [5.41, 5.74) is -0.473. The molecule has 13 heteroatoms. The van der Waals surface area contributed by atoms with E-state index in [1.165, 1.54) is 18.3 Å². The first-order valence-corrected chi connectivity index (χ1v) is 12.5. The van der Waals surface area contributed by atoms with E-state index in [-0.39, 0.29) is 34.2 Å². The summed E-state index contributed by atoms with van der Waals surface area (Å²) in [5, 5.41) is 12.2. The molecule has 1 aliphatic heterocycles. The summed E-state index contributed by atoms with van der Waals surface area (Å²) in [5.74, 6) is 3.16. The molecule has 4 aromatic rings. The molecule has 2 N–H and O–H groups in total. The maximum atomic E-state index is 15.6. The van der Waals surface area contributed by atoms with E-state index in [0.717, 1.165) is 18.3 Å². The Morgan fingerprint density at radius 1 is 1.17 bits per heavy atom. The number of aliphatic hydroxyl groups excluding tert-OH is 1. The second kappa shape index (κ2) is 11.0. The number of alkyl halides is 3. The number of fused-ring (bicyclic) bond motifs is 1. The van der Waals surface area contributed by atoms with E-state index in [1.54, 1.807) is 22.4 Å². The van der Waals surface area contributed by atoms with Crippen molar-refractivity contribution in [1.82, 2.24) is 24.3 Å². The molecule has 5 rings (SSSR count). The van der Waals surface area contributed by atoms with Gasteiger partial charge >= 0.3 is 6.18 Å². The number of anilines is 1. The summed E-state index contributed by atoms with van der Waals surface area (Å²) in [6.45, 7) is 1.57. The fourth-order valence-corrected chi connectivity index (χ4v) is 4.84. The number of halogens is 4. The van der Waals surface area contributed by atoms with Gasteiger partial charge in [0, 0.05) is 36.3 Å². The molecule has 1 atom stereocenters. The van der Waals surface area contributed by atoms with E-state index in [0.29, 0.717) is 36.8 Å². The molecular formula is C28H22F4N6O3. The maximum absolute atomic E-state index is 15.6. The number of carbonyl (C=O) groups is 2. The predicted molar refractivity (Wildman–Crippen MR) is 139 cm³/mol. The van der Waals surface area contributed by atoms with E-state index in [1.807, 2.05) is 0 Å². The van der Waals surface area contributed by atoms with Crippen LogP contribution in [0.4, 0.5) is 23.4 Å². The minimum Gasteiger partial charge on any atom is -0.390 e. The normalized spacial score (nSPS) is 15.1. The molecule has 1 unspecified atom stereocenters. The van der Waals surface area contributed by atoms with Crippen LogP contribution in [0.5, 0.6) is 0 Å². The third kappa shape index (κ3) is 5.33. The standard InChI is InChI=1S/C28H22F4N6O3/c1-2-4-23(40)37-11-3-5-21(37)26-36-24(25-20(15-39)33-10-12-38(25)26)18-7-6-16(13-19(18)29)27(41)35-22-14-17(8-9-34-22)28(30,31)32/h6-10,12-14,21,39H,3,5,11,15H2,1H3,(H,34,35,41). The molecule has 0 bridgehead atoms. The van der Waals surface area contributed by atoms with Crippen molar-refractivity contribution in [1.29, 1.82) is 0 Å². The molecule has 2 amide bonds. The third-order valence-corrected chi connectivity index (χ3v) is 6.67. The lowest BCUT2D eigenvalue weighted by Crippen LogP contribution is -2.30. The number of nitrogens with one attached hydrogen (secondary N) is 1. The van der Waals surface area contributed by atoms with Gasteiger partial charge in [0.15, 0.2) is 0 Å². The number of aromatic nitrogens is 4. The van der Waals surface area contributed by atoms with Crippen LogP contribution in [0.25, 0.3) is 16.8 Å². The highest BCUT2D eigenvalue weighted by atomic mass is 19.4. The smallest absolute Gasteiger partial charge is 0.390 e. The Hall–Kier alpha value is -4.83. The largest absolute Gasteiger partial charge is 0.416 e. The van der Waals surface area contributed by atoms with Crippen molar-refractivity contribution in [3.8, 4) is 23.1 Å². The Morgan fingerprint density at radius 2 is 1.98 bits per heavy atom. The Balaban J connectivity index is 1.52. The third-order valence-electron chi connectivity index (χ3n) is 6.67. The Kier molecular flexibility index (Phi) is 7.42. The molecule has 41 heavy (non-hydrogen) atoms. The van der Waals surface area contributed by atoms with Crippen molar-refractivity contribution in [2.24, 2.45) is 0 Å². The minimum atomic E-state index is -4.63. The van der Waals surface area contributed by atoms with Crippen LogP contribution < -0.4 is 5.32 Å². The summed E-state index contributed by atoms with van der Waals surface area (Å²) in [4.78, 5) is 39.5. The van der Waals surface area contributed by atoms with Crippen molar-refractivity contribution in [2.75, 3.05) is 11.9 Å². The first-order chi connectivity index (χ1) is 19.6. The van der Waals surface area contributed by atoms with Gasteiger partial charge in [-0.25, -0.2) is 14.4 Å². The number of likely N-dealkylation sites (tertiary alicyclic amines) is 1. The Bertz CT molecular complexity index is 1720. The predicted octanol–water partition coefficient (Wildman–Crippen LogP) is 4.38. The quantitative estimate of drug-likeness (QED) is 0.274. The molecule has 1 aliphatic rings. The number of imidazole rings is 1. The number of amides is 2. The van der Waals surface area contributed by atoms with E-state index in [9.17, 15) is 27.9 Å². The van der Waals surface area contributed by atoms with E-state index < -0.39 is 36.1 Å². The molecule has 210 valence electrons. The zero-order valence-corrected chi connectivity index (χ0v) is 21.5. The van der Waals surface area contributed by atoms with E-state index in [4.69, 9.17) is 4.98 Å². The average molecular weight is 567 g/mol. The van der Waals surface area contributed by atoms with Crippen LogP contribution in [-0.2, 0) is 17.6 Å². The first kappa shape index (κ1) is 27.7. The number of rotatable bonds is 5. The maximum Gasteiger partial charge on any atom is 0.416 e. The van der Waals surface area contributed by atoms with Gasteiger partial charge < -0.3 is 15.3 Å². The second-order valence-electron chi connectivity index (χ2n) is 9.18. The van der Waals surface area contributed by atoms with Crippen LogP contribution in [0.3, 0.4) is 0 Å². The molecule has 1 aromatic carbocycles. The number of nitrogens with zero attached hydrogens (tertiary/aromatic N) is 5. The van der Waals surface area contributed by atoms with Gasteiger partial charge in [0.1, 0.15) is 23.2 Å². The molecule has 9 nitrogen and oxygen atoms in total. The lowest BCUT2D eigenvalue weighted by Gasteiger charge is -2.21. The van der Waals surface area contributed by atoms with Gasteiger partial charge in [-0.15, -0.1) is 0 Å². The lowest BCUT2D eigenvalue weighted by atomic mass is 10.1. The molecule has 1 saturated heterocycles. The lowest BCUT2D eigenvalue weighted by molar-refractivity contribution is -0.137. The summed E-state index contributed by atoms with van der Waals surface area (Å²) < 4.78 is 56.2. The Morgan fingerprint density at radius 3 is 2.68 bits per heavy atom. The van der Waals surface area contributed by atoms with Crippen LogP contribution in [0.15, 0.2) is 48.9 Å². The number of aliphatic hydroxyl groups is 1. The number of benzene rings is 1. The summed E-state index contributed by atoms with van der Waals surface area (Å²) in [6.07, 6.45) is 0.655. The van der Waals surface area contributed by atoms with Gasteiger partial charge in [-0.3, -0.25) is 19.0 Å². The molecule has 4 heterocycles. The number of hydrogen-bond acceptors (Lipinski definition) is 6. The summed E-state index contributed by atoms with van der Waals surface area (Å²) >= 11 is 0. The van der Waals surface area contributed by atoms with Gasteiger partial charge in [-0.2, -0.15) is 13.2 Å². The highest BCUT2D eigenvalue weighted by Crippen LogP contribution is 2.37. The van der Waals surface area contributed by atoms with E-state index in [2.05, 4.69) is 27.1 Å². The van der Waals surface area contributed by atoms with Gasteiger partial charge in [-0.05, 0) is 56.0 Å². The number of carbonyl (C=O) groups excluding carboxylic acids is 2. The minimum absolute atomic E-state index is 0.00517. The zero-order valence-electron chi connectivity index (χ0n) is 21.5. The SMILES string of the molecule is CC#CC(=O)N1CCCC1c1nc(-c2ccc(C(=O)Nc3cc(C(F)(F)F)ccn3)cc2F)c2c(CO)nccn12. The monoisotopic (exact) mass is 566 g/mol. The van der Waals surface area contributed by atoms with Crippen LogP contribution in [0.1, 0.15) is 53.2 Å². The van der Waals surface area contributed by atoms with Crippen molar-refractivity contribution in [2.45, 2.75) is 38.6 Å². The first-order valence-electron chi connectivity index (χ1n) is 12.5. The van der Waals surface area contributed by atoms with Gasteiger partial charge in [-0.1, -0.05) is 5.92 Å². The zero-order chi connectivity index (χ0) is 29.3. The van der Waals surface area contributed by atoms with Gasteiger partial charge in [0.2, 0.25) is 0 Å². The highest BCUT2D eigenvalue weighted by molar-refractivity contribution is 6.04. The molecule has 0 spiro atoms. The Labute approximate surface area is 230 Å². The molecular weight excluding hydrogens is 544 g/mol. The van der Waals surface area contributed by atoms with Crippen molar-refractivity contribution in [3.63, 3.8) is 0 Å². The molecule has 3 aromatic heterocycles. The van der Waals surface area contributed by atoms with Crippen LogP contribution in [0.2, 0.25) is 0 Å². The number of hydrogen-bond donors (Lipinski definition) is 2. The highest BCUT2D eigenvalue weighted by Gasteiger charge is 2.34. The fourth-order valence-electron chi connectivity index (χ4n) is 4.84. The molecule has 0 saturated carbocycles.